The van der Waals surface area contributed by atoms with Gasteiger partial charge in [0.1, 0.15) is 0 Å². The summed E-state index contributed by atoms with van der Waals surface area (Å²) in [6, 6.07) is 10.0. The van der Waals surface area contributed by atoms with Crippen molar-refractivity contribution in [3.63, 3.8) is 0 Å². The highest BCUT2D eigenvalue weighted by atomic mass is 19.2. The topological polar surface area (TPSA) is 65.2 Å². The Morgan fingerprint density at radius 1 is 1.15 bits per heavy atom. The van der Waals surface area contributed by atoms with Crippen LogP contribution in [0.4, 0.5) is 19.3 Å². The van der Waals surface area contributed by atoms with Gasteiger partial charge in [-0.15, -0.1) is 0 Å². The number of pyridine rings is 1. The highest BCUT2D eigenvalue weighted by Crippen LogP contribution is 2.28. The quantitative estimate of drug-likeness (QED) is 0.713. The van der Waals surface area contributed by atoms with Crippen molar-refractivity contribution in [1.82, 2.24) is 9.88 Å². The molecule has 2 N–H and O–H groups in total. The molecular formula is C20H19F2N3O2. The van der Waals surface area contributed by atoms with Gasteiger partial charge in [0.25, 0.3) is 5.56 Å². The SMILES string of the molecule is CCN(C(=O)Nc1ccccc1)C(C)c1c[nH]c(=O)c2cc(F)c(F)cc12. The van der Waals surface area contributed by atoms with Crippen LogP contribution >= 0.6 is 0 Å². The molecule has 2 aromatic carbocycles. The first-order chi connectivity index (χ1) is 12.9. The number of fused-ring (bicyclic) bond motifs is 1. The third-order valence-corrected chi connectivity index (χ3v) is 4.52. The molecule has 0 spiro atoms. The molecule has 0 saturated heterocycles. The maximum Gasteiger partial charge on any atom is 0.322 e. The molecule has 1 aromatic heterocycles. The number of nitrogens with zero attached hydrogens (tertiary/aromatic N) is 1. The normalized spacial score (nSPS) is 12.0. The van der Waals surface area contributed by atoms with Gasteiger partial charge in [-0.05, 0) is 49.1 Å². The summed E-state index contributed by atoms with van der Waals surface area (Å²) in [6.45, 7) is 3.96. The van der Waals surface area contributed by atoms with Crippen LogP contribution in [0, 0.1) is 11.6 Å². The fourth-order valence-electron chi connectivity index (χ4n) is 3.10. The number of nitrogens with one attached hydrogen (secondary N) is 2. The van der Waals surface area contributed by atoms with Crippen molar-refractivity contribution in [2.45, 2.75) is 19.9 Å². The number of para-hydroxylation sites is 1. The van der Waals surface area contributed by atoms with Gasteiger partial charge in [-0.25, -0.2) is 13.6 Å². The zero-order valence-electron chi connectivity index (χ0n) is 14.9. The predicted molar refractivity (Wildman–Crippen MR) is 101 cm³/mol. The molecule has 2 amide bonds. The summed E-state index contributed by atoms with van der Waals surface area (Å²) in [4.78, 5) is 28.8. The van der Waals surface area contributed by atoms with E-state index in [1.807, 2.05) is 25.1 Å². The predicted octanol–water partition coefficient (Wildman–Crippen LogP) is 4.42. The molecular weight excluding hydrogens is 352 g/mol. The molecule has 0 radical (unpaired) electrons. The van der Waals surface area contributed by atoms with Crippen LogP contribution in [-0.2, 0) is 0 Å². The van der Waals surface area contributed by atoms with E-state index in [1.54, 1.807) is 24.0 Å². The van der Waals surface area contributed by atoms with E-state index in [-0.39, 0.29) is 16.8 Å². The van der Waals surface area contributed by atoms with Gasteiger partial charge < -0.3 is 15.2 Å². The maximum atomic E-state index is 13.8. The second-order valence-electron chi connectivity index (χ2n) is 6.14. The molecule has 1 atom stereocenters. The van der Waals surface area contributed by atoms with Gasteiger partial charge in [-0.3, -0.25) is 4.79 Å². The second-order valence-corrected chi connectivity index (χ2v) is 6.14. The minimum absolute atomic E-state index is 0.0396. The lowest BCUT2D eigenvalue weighted by Crippen LogP contribution is -2.37. The molecule has 0 aliphatic rings. The molecule has 0 aliphatic carbocycles. The monoisotopic (exact) mass is 371 g/mol. The Balaban J connectivity index is 1.99. The lowest BCUT2D eigenvalue weighted by Gasteiger charge is -2.29. The zero-order valence-corrected chi connectivity index (χ0v) is 14.9. The first-order valence-corrected chi connectivity index (χ1v) is 8.55. The number of benzene rings is 2. The zero-order chi connectivity index (χ0) is 19.6. The molecule has 0 aliphatic heterocycles. The van der Waals surface area contributed by atoms with Gasteiger partial charge in [0.15, 0.2) is 11.6 Å². The van der Waals surface area contributed by atoms with Crippen molar-refractivity contribution in [2.24, 2.45) is 0 Å². The average Bonchev–Trinajstić information content (AvgIpc) is 2.65. The molecule has 0 fully saturated rings. The number of amides is 2. The average molecular weight is 371 g/mol. The van der Waals surface area contributed by atoms with Gasteiger partial charge in [0.05, 0.1) is 11.4 Å². The van der Waals surface area contributed by atoms with E-state index in [2.05, 4.69) is 10.3 Å². The van der Waals surface area contributed by atoms with Crippen LogP contribution in [-0.4, -0.2) is 22.5 Å². The Kier molecular flexibility index (Phi) is 5.21. The Morgan fingerprint density at radius 2 is 1.78 bits per heavy atom. The minimum atomic E-state index is -1.09. The third-order valence-electron chi connectivity index (χ3n) is 4.52. The fraction of sp³-hybridized carbons (Fsp3) is 0.200. The maximum absolute atomic E-state index is 13.8. The number of rotatable bonds is 4. The van der Waals surface area contributed by atoms with Crippen LogP contribution in [0.3, 0.4) is 0 Å². The standard InChI is InChI=1S/C20H19F2N3O2/c1-3-25(20(27)24-13-7-5-4-6-8-13)12(2)16-11-23-19(26)15-10-18(22)17(21)9-14(15)16/h4-12H,3H2,1-2H3,(H,23,26)(H,24,27). The Hall–Kier alpha value is -3.22. The Morgan fingerprint density at radius 3 is 2.41 bits per heavy atom. The number of carbonyl (C=O) groups excluding carboxylic acids is 1. The molecule has 0 saturated carbocycles. The first-order valence-electron chi connectivity index (χ1n) is 8.55. The van der Waals surface area contributed by atoms with Gasteiger partial charge in [0.2, 0.25) is 0 Å². The smallest absolute Gasteiger partial charge is 0.322 e. The molecule has 5 nitrogen and oxygen atoms in total. The molecule has 27 heavy (non-hydrogen) atoms. The highest BCUT2D eigenvalue weighted by Gasteiger charge is 2.23. The molecule has 3 aromatic rings. The van der Waals surface area contributed by atoms with Crippen molar-refractivity contribution in [3.8, 4) is 0 Å². The van der Waals surface area contributed by atoms with Crippen molar-refractivity contribution in [3.05, 3.63) is 76.2 Å². The van der Waals surface area contributed by atoms with Gasteiger partial charge in [-0.1, -0.05) is 18.2 Å². The number of H-pyrrole nitrogens is 1. The summed E-state index contributed by atoms with van der Waals surface area (Å²) in [5, 5.41) is 3.12. The summed E-state index contributed by atoms with van der Waals surface area (Å²) in [7, 11) is 0. The molecule has 7 heteroatoms. The van der Waals surface area contributed by atoms with E-state index < -0.39 is 23.2 Å². The second kappa shape index (κ2) is 7.57. The summed E-state index contributed by atoms with van der Waals surface area (Å²) < 4.78 is 27.3. The van der Waals surface area contributed by atoms with E-state index in [1.165, 1.54) is 6.20 Å². The fourth-order valence-corrected chi connectivity index (χ4v) is 3.10. The summed E-state index contributed by atoms with van der Waals surface area (Å²) in [5.41, 5.74) is 0.651. The summed E-state index contributed by atoms with van der Waals surface area (Å²) in [6.07, 6.45) is 1.44. The molecule has 1 unspecified atom stereocenters. The summed E-state index contributed by atoms with van der Waals surface area (Å²) >= 11 is 0. The number of aromatic amines is 1. The van der Waals surface area contributed by atoms with Crippen molar-refractivity contribution < 1.29 is 13.6 Å². The van der Waals surface area contributed by atoms with Gasteiger partial charge >= 0.3 is 6.03 Å². The van der Waals surface area contributed by atoms with Crippen LogP contribution in [0.1, 0.15) is 25.5 Å². The number of anilines is 1. The molecule has 1 heterocycles. The Bertz CT molecular complexity index is 1030. The van der Waals surface area contributed by atoms with Crippen molar-refractivity contribution in [2.75, 3.05) is 11.9 Å². The number of urea groups is 1. The number of aromatic nitrogens is 1. The minimum Gasteiger partial charge on any atom is -0.328 e. The molecule has 3 rings (SSSR count). The third kappa shape index (κ3) is 3.67. The van der Waals surface area contributed by atoms with E-state index in [9.17, 15) is 18.4 Å². The van der Waals surface area contributed by atoms with E-state index in [0.717, 1.165) is 12.1 Å². The van der Waals surface area contributed by atoms with Gasteiger partial charge in [-0.2, -0.15) is 0 Å². The number of hydrogen-bond donors (Lipinski definition) is 2. The lowest BCUT2D eigenvalue weighted by atomic mass is 10.0. The van der Waals surface area contributed by atoms with Crippen LogP contribution in [0.25, 0.3) is 10.8 Å². The van der Waals surface area contributed by atoms with Crippen LogP contribution in [0.2, 0.25) is 0 Å². The van der Waals surface area contributed by atoms with E-state index >= 15 is 0 Å². The lowest BCUT2D eigenvalue weighted by molar-refractivity contribution is 0.197. The Labute approximate surface area is 154 Å². The number of halogens is 2. The van der Waals surface area contributed by atoms with Crippen LogP contribution in [0.5, 0.6) is 0 Å². The largest absolute Gasteiger partial charge is 0.328 e. The van der Waals surface area contributed by atoms with Crippen molar-refractivity contribution >= 4 is 22.5 Å². The van der Waals surface area contributed by atoms with Crippen LogP contribution in [0.15, 0.2) is 53.5 Å². The molecule has 140 valence electrons. The summed E-state index contributed by atoms with van der Waals surface area (Å²) in [5.74, 6) is -2.13. The van der Waals surface area contributed by atoms with Crippen LogP contribution < -0.4 is 10.9 Å². The molecule has 0 bridgehead atoms. The first kappa shape index (κ1) is 18.6. The van der Waals surface area contributed by atoms with E-state index in [4.69, 9.17) is 0 Å². The number of carbonyl (C=O) groups is 1. The van der Waals surface area contributed by atoms with E-state index in [0.29, 0.717) is 17.8 Å². The van der Waals surface area contributed by atoms with Crippen molar-refractivity contribution in [1.29, 1.82) is 0 Å². The van der Waals surface area contributed by atoms with Gasteiger partial charge in [0, 0.05) is 18.4 Å². The number of hydrogen-bond acceptors (Lipinski definition) is 2. The highest BCUT2D eigenvalue weighted by molar-refractivity contribution is 5.90.